The average molecular weight is 333 g/mol. The van der Waals surface area contributed by atoms with E-state index in [4.69, 9.17) is 23.2 Å². The van der Waals surface area contributed by atoms with Gasteiger partial charge in [-0.2, -0.15) is 0 Å². The maximum atomic E-state index is 10.5. The van der Waals surface area contributed by atoms with Crippen LogP contribution in [0.25, 0.3) is 10.9 Å². The quantitative estimate of drug-likeness (QED) is 0.435. The minimum absolute atomic E-state index is 0.240. The van der Waals surface area contributed by atoms with Crippen molar-refractivity contribution in [1.82, 2.24) is 4.57 Å². The fourth-order valence-corrected chi connectivity index (χ4v) is 3.18. The molecule has 0 saturated heterocycles. The Labute approximate surface area is 131 Å². The van der Waals surface area contributed by atoms with E-state index in [1.165, 1.54) is 0 Å². The number of aromatic nitrogens is 1. The zero-order valence-corrected chi connectivity index (χ0v) is 13.3. The SMILES string of the molecule is O=S([O-])CCCCCn1c(CCl)cc2cc(Cl)ccc21. The van der Waals surface area contributed by atoms with Gasteiger partial charge in [0.05, 0.1) is 5.88 Å². The summed E-state index contributed by atoms with van der Waals surface area (Å²) in [6.07, 6.45) is 2.54. The minimum Gasteiger partial charge on any atom is -0.772 e. The van der Waals surface area contributed by atoms with Gasteiger partial charge in [-0.25, -0.2) is 0 Å². The Morgan fingerprint density at radius 2 is 2.00 bits per heavy atom. The van der Waals surface area contributed by atoms with Gasteiger partial charge in [-0.3, -0.25) is 4.21 Å². The Balaban J connectivity index is 2.06. The molecule has 0 radical (unpaired) electrons. The van der Waals surface area contributed by atoms with Crippen LogP contribution in [0.2, 0.25) is 5.02 Å². The Hall–Kier alpha value is -0.550. The first kappa shape index (κ1) is 15.8. The maximum absolute atomic E-state index is 10.5. The van der Waals surface area contributed by atoms with Gasteiger partial charge in [0.2, 0.25) is 0 Å². The van der Waals surface area contributed by atoms with Crippen LogP contribution in [0, 0.1) is 0 Å². The van der Waals surface area contributed by atoms with Gasteiger partial charge in [0.25, 0.3) is 0 Å². The molecule has 0 aliphatic heterocycles. The number of benzene rings is 1. The first-order valence-electron chi connectivity index (χ1n) is 6.51. The van der Waals surface area contributed by atoms with Crippen LogP contribution >= 0.6 is 23.2 Å². The number of halogens is 2. The van der Waals surface area contributed by atoms with Gasteiger partial charge in [-0.05, 0) is 37.1 Å². The van der Waals surface area contributed by atoms with Crippen LogP contribution in [0.1, 0.15) is 25.0 Å². The molecular formula is C14H16Cl2NO2S-. The molecule has 110 valence electrons. The second-order valence-electron chi connectivity index (χ2n) is 4.69. The lowest BCUT2D eigenvalue weighted by Gasteiger charge is -2.10. The number of aryl methyl sites for hydroxylation is 1. The van der Waals surface area contributed by atoms with Gasteiger partial charge < -0.3 is 9.12 Å². The third kappa shape index (κ3) is 3.98. The molecule has 0 amide bonds. The fraction of sp³-hybridized carbons (Fsp3) is 0.429. The molecule has 0 fully saturated rings. The third-order valence-electron chi connectivity index (χ3n) is 3.28. The van der Waals surface area contributed by atoms with Crippen LogP contribution in [-0.4, -0.2) is 19.1 Å². The second-order valence-corrected chi connectivity index (χ2v) is 6.41. The lowest BCUT2D eigenvalue weighted by Crippen LogP contribution is -2.02. The largest absolute Gasteiger partial charge is 0.772 e. The van der Waals surface area contributed by atoms with Crippen LogP contribution < -0.4 is 0 Å². The summed E-state index contributed by atoms with van der Waals surface area (Å²) in [6, 6.07) is 7.87. The van der Waals surface area contributed by atoms with Crippen LogP contribution in [0.15, 0.2) is 24.3 Å². The highest BCUT2D eigenvalue weighted by Gasteiger charge is 2.08. The topological polar surface area (TPSA) is 45.1 Å². The van der Waals surface area contributed by atoms with Gasteiger partial charge >= 0.3 is 0 Å². The third-order valence-corrected chi connectivity index (χ3v) is 4.41. The Morgan fingerprint density at radius 3 is 2.70 bits per heavy atom. The van der Waals surface area contributed by atoms with Crippen LogP contribution in [0.5, 0.6) is 0 Å². The fourth-order valence-electron chi connectivity index (χ4n) is 2.34. The Morgan fingerprint density at radius 1 is 1.20 bits per heavy atom. The van der Waals surface area contributed by atoms with Gasteiger partial charge in [0, 0.05) is 33.9 Å². The van der Waals surface area contributed by atoms with E-state index >= 15 is 0 Å². The van der Waals surface area contributed by atoms with Crippen molar-refractivity contribution >= 4 is 45.2 Å². The van der Waals surface area contributed by atoms with Crippen molar-refractivity contribution in [1.29, 1.82) is 0 Å². The Bertz CT molecular complexity index is 612. The number of nitrogens with zero attached hydrogens (tertiary/aromatic N) is 1. The number of alkyl halides is 1. The summed E-state index contributed by atoms with van der Waals surface area (Å²) >= 11 is 10.1. The normalized spacial score (nSPS) is 12.9. The molecule has 2 rings (SSSR count). The van der Waals surface area contributed by atoms with E-state index < -0.39 is 11.1 Å². The summed E-state index contributed by atoms with van der Waals surface area (Å²) < 4.78 is 23.1. The van der Waals surface area contributed by atoms with E-state index in [9.17, 15) is 8.76 Å². The predicted octanol–water partition coefficient (Wildman–Crippen LogP) is 4.08. The molecule has 2 aromatic rings. The first-order chi connectivity index (χ1) is 9.61. The highest BCUT2D eigenvalue weighted by molar-refractivity contribution is 7.79. The van der Waals surface area contributed by atoms with Crippen molar-refractivity contribution in [3.8, 4) is 0 Å². The number of hydrogen-bond acceptors (Lipinski definition) is 2. The minimum atomic E-state index is -1.93. The van der Waals surface area contributed by atoms with Crippen LogP contribution in [0.3, 0.4) is 0 Å². The van der Waals surface area contributed by atoms with Crippen molar-refractivity contribution in [3.05, 3.63) is 35.0 Å². The molecule has 6 heteroatoms. The highest BCUT2D eigenvalue weighted by atomic mass is 35.5. The van der Waals surface area contributed by atoms with Crippen molar-refractivity contribution in [2.75, 3.05) is 5.75 Å². The molecule has 0 aliphatic carbocycles. The van der Waals surface area contributed by atoms with Crippen molar-refractivity contribution in [3.63, 3.8) is 0 Å². The van der Waals surface area contributed by atoms with Crippen LogP contribution in [0.4, 0.5) is 0 Å². The van der Waals surface area contributed by atoms with Crippen molar-refractivity contribution in [2.24, 2.45) is 0 Å². The maximum Gasteiger partial charge on any atom is 0.0627 e. The summed E-state index contributed by atoms with van der Waals surface area (Å²) in [6.45, 7) is 0.846. The molecule has 0 saturated carbocycles. The zero-order valence-electron chi connectivity index (χ0n) is 11.0. The number of rotatable bonds is 7. The highest BCUT2D eigenvalue weighted by Crippen LogP contribution is 2.25. The van der Waals surface area contributed by atoms with E-state index in [1.807, 2.05) is 18.2 Å². The Kier molecular flexibility index (Phi) is 5.90. The molecule has 0 aliphatic rings. The number of hydrogen-bond donors (Lipinski definition) is 0. The molecule has 0 spiro atoms. The molecule has 0 N–H and O–H groups in total. The number of unbranched alkanes of at least 4 members (excludes halogenated alkanes) is 2. The van der Waals surface area contributed by atoms with Gasteiger partial charge in [0.15, 0.2) is 0 Å². The molecule has 3 nitrogen and oxygen atoms in total. The lowest BCUT2D eigenvalue weighted by atomic mass is 10.2. The summed E-state index contributed by atoms with van der Waals surface area (Å²) in [5.74, 6) is 0.696. The van der Waals surface area contributed by atoms with E-state index in [1.54, 1.807) is 0 Å². The van der Waals surface area contributed by atoms with Crippen molar-refractivity contribution in [2.45, 2.75) is 31.7 Å². The van der Waals surface area contributed by atoms with Crippen LogP contribution in [-0.2, 0) is 23.5 Å². The summed E-state index contributed by atoms with van der Waals surface area (Å²) in [7, 11) is 0. The summed E-state index contributed by atoms with van der Waals surface area (Å²) in [5, 5.41) is 1.81. The monoisotopic (exact) mass is 332 g/mol. The smallest absolute Gasteiger partial charge is 0.0627 e. The molecule has 1 atom stereocenters. The predicted molar refractivity (Wildman–Crippen MR) is 84.1 cm³/mol. The summed E-state index contributed by atoms with van der Waals surface area (Å²) in [4.78, 5) is 0. The van der Waals surface area contributed by atoms with Gasteiger partial charge in [-0.15, -0.1) is 11.6 Å². The second kappa shape index (κ2) is 7.46. The van der Waals surface area contributed by atoms with E-state index in [0.29, 0.717) is 17.3 Å². The molecule has 1 unspecified atom stereocenters. The molecule has 1 aromatic heterocycles. The van der Waals surface area contributed by atoms with Gasteiger partial charge in [-0.1, -0.05) is 29.1 Å². The lowest BCUT2D eigenvalue weighted by molar-refractivity contribution is 0.530. The molecule has 1 aromatic carbocycles. The molecular weight excluding hydrogens is 317 g/mol. The van der Waals surface area contributed by atoms with E-state index in [0.717, 1.165) is 36.0 Å². The molecule has 0 bridgehead atoms. The first-order valence-corrected chi connectivity index (χ1v) is 8.67. The zero-order chi connectivity index (χ0) is 14.5. The number of fused-ring (bicyclic) bond motifs is 1. The van der Waals surface area contributed by atoms with Crippen molar-refractivity contribution < 1.29 is 8.76 Å². The molecule has 20 heavy (non-hydrogen) atoms. The van der Waals surface area contributed by atoms with E-state index in [-0.39, 0.29) is 5.75 Å². The van der Waals surface area contributed by atoms with E-state index in [2.05, 4.69) is 10.6 Å². The summed E-state index contributed by atoms with van der Waals surface area (Å²) in [5.41, 5.74) is 2.19. The average Bonchev–Trinajstić information content (AvgIpc) is 2.75. The molecule has 1 heterocycles. The standard InChI is InChI=1S/C14H17Cl2NO2S/c15-10-13-9-11-8-12(16)4-5-14(11)17(13)6-2-1-3-7-20(18)19/h4-5,8-9H,1-3,6-7,10H2,(H,18,19)/p-1. The van der Waals surface area contributed by atoms with Gasteiger partial charge in [0.1, 0.15) is 0 Å².